The average molecular weight is 646 g/mol. The zero-order valence-electron chi connectivity index (χ0n) is 18.5. The smallest absolute Gasteiger partial charge is 0.111 e. The third kappa shape index (κ3) is 6.27. The van der Waals surface area contributed by atoms with Crippen molar-refractivity contribution in [2.24, 2.45) is 0 Å². The third-order valence-corrected chi connectivity index (χ3v) is 4.92. The summed E-state index contributed by atoms with van der Waals surface area (Å²) < 4.78 is 40.1. The molecule has 177 valence electrons. The maximum Gasteiger partial charge on any atom is 0.111 e. The molecule has 0 bridgehead atoms. The average Bonchev–Trinajstić information content (AvgIpc) is 2.89. The number of nitrogens with zero attached hydrogens (tertiary/aromatic N) is 3. The van der Waals surface area contributed by atoms with Crippen molar-refractivity contribution in [1.29, 1.82) is 0 Å². The van der Waals surface area contributed by atoms with Gasteiger partial charge in [-0.25, -0.2) is 4.39 Å². The summed E-state index contributed by atoms with van der Waals surface area (Å²) in [4.78, 5) is 12.6. The summed E-state index contributed by atoms with van der Waals surface area (Å²) in [7, 11) is 0. The largest absolute Gasteiger partial charge is 0.305 e. The molecule has 0 atom stereocenters. The number of hydrogen-bond acceptors (Lipinski definition) is 3. The van der Waals surface area contributed by atoms with E-state index in [1.54, 1.807) is 24.5 Å². The Hall–Kier alpha value is -3.67. The van der Waals surface area contributed by atoms with E-state index < -0.39 is 17.5 Å². The van der Waals surface area contributed by atoms with Crippen LogP contribution in [0.3, 0.4) is 0 Å². The van der Waals surface area contributed by atoms with Crippen LogP contribution in [0.4, 0.5) is 13.2 Å². The molecule has 0 aliphatic carbocycles. The Kier molecular flexibility index (Phi) is 9.01. The molecular formula is C28H18F3IrN3-2. The van der Waals surface area contributed by atoms with E-state index in [0.29, 0.717) is 0 Å². The van der Waals surface area contributed by atoms with E-state index in [0.717, 1.165) is 34.1 Å². The van der Waals surface area contributed by atoms with Gasteiger partial charge in [0.2, 0.25) is 0 Å². The van der Waals surface area contributed by atoms with Crippen molar-refractivity contribution in [3.05, 3.63) is 127 Å². The molecule has 0 aliphatic heterocycles. The van der Waals surface area contributed by atoms with Gasteiger partial charge < -0.3 is 9.97 Å². The van der Waals surface area contributed by atoms with Crippen LogP contribution >= 0.6 is 0 Å². The van der Waals surface area contributed by atoms with Gasteiger partial charge in [-0.05, 0) is 42.1 Å². The first-order valence-electron chi connectivity index (χ1n) is 10.4. The van der Waals surface area contributed by atoms with E-state index in [4.69, 9.17) is 0 Å². The van der Waals surface area contributed by atoms with Crippen LogP contribution in [0.1, 0.15) is 5.56 Å². The van der Waals surface area contributed by atoms with Crippen molar-refractivity contribution in [3.63, 3.8) is 0 Å². The zero-order valence-corrected chi connectivity index (χ0v) is 20.9. The molecule has 5 aromatic rings. The second-order valence-corrected chi connectivity index (χ2v) is 7.23. The zero-order chi connectivity index (χ0) is 23.9. The van der Waals surface area contributed by atoms with Gasteiger partial charge in [0.25, 0.3) is 0 Å². The number of hydrogen-bond donors (Lipinski definition) is 0. The van der Waals surface area contributed by atoms with Crippen LogP contribution < -0.4 is 0 Å². The summed E-state index contributed by atoms with van der Waals surface area (Å²) >= 11 is 0. The van der Waals surface area contributed by atoms with Crippen LogP contribution in [0.25, 0.3) is 33.8 Å². The minimum absolute atomic E-state index is 0. The van der Waals surface area contributed by atoms with Gasteiger partial charge in [-0.2, -0.15) is 0 Å². The van der Waals surface area contributed by atoms with E-state index in [1.807, 2.05) is 61.5 Å². The molecule has 3 nitrogen and oxygen atoms in total. The molecule has 7 heteroatoms. The number of benzene rings is 2. The fourth-order valence-corrected chi connectivity index (χ4v) is 3.22. The van der Waals surface area contributed by atoms with E-state index >= 15 is 0 Å². The van der Waals surface area contributed by atoms with Crippen LogP contribution in [0.15, 0.2) is 91.4 Å². The summed E-state index contributed by atoms with van der Waals surface area (Å²) in [6, 6.07) is 27.0. The van der Waals surface area contributed by atoms with Crippen LogP contribution in [-0.4, -0.2) is 15.0 Å². The molecule has 2 aromatic carbocycles. The van der Waals surface area contributed by atoms with E-state index in [9.17, 15) is 13.2 Å². The van der Waals surface area contributed by atoms with Crippen molar-refractivity contribution in [3.8, 4) is 33.8 Å². The van der Waals surface area contributed by atoms with Crippen molar-refractivity contribution in [2.45, 2.75) is 6.92 Å². The molecule has 0 saturated heterocycles. The van der Waals surface area contributed by atoms with Gasteiger partial charge in [-0.1, -0.05) is 29.8 Å². The maximum atomic E-state index is 13.8. The van der Waals surface area contributed by atoms with E-state index in [2.05, 4.69) is 27.1 Å². The molecule has 0 spiro atoms. The van der Waals surface area contributed by atoms with Crippen molar-refractivity contribution in [2.75, 3.05) is 0 Å². The third-order valence-electron chi connectivity index (χ3n) is 4.92. The molecule has 1 radical (unpaired) electrons. The number of aryl methyl sites for hydroxylation is 1. The minimum Gasteiger partial charge on any atom is -0.305 e. The Morgan fingerprint density at radius 3 is 2.00 bits per heavy atom. The summed E-state index contributed by atoms with van der Waals surface area (Å²) in [5, 5.41) is 0. The Balaban J connectivity index is 0.000000223. The molecule has 0 saturated carbocycles. The molecule has 0 N–H and O–H groups in total. The van der Waals surface area contributed by atoms with Crippen LogP contribution in [0.2, 0.25) is 0 Å². The van der Waals surface area contributed by atoms with Gasteiger partial charge >= 0.3 is 0 Å². The van der Waals surface area contributed by atoms with Crippen LogP contribution in [0, 0.1) is 36.5 Å². The van der Waals surface area contributed by atoms with Crippen LogP contribution in [-0.2, 0) is 20.1 Å². The molecule has 5 rings (SSSR count). The quantitative estimate of drug-likeness (QED) is 0.159. The van der Waals surface area contributed by atoms with Gasteiger partial charge in [0, 0.05) is 44.3 Å². The van der Waals surface area contributed by atoms with E-state index in [1.165, 1.54) is 6.20 Å². The first kappa shape index (κ1) is 25.9. The normalized spacial score (nSPS) is 10.1. The number of halogens is 3. The Morgan fingerprint density at radius 1 is 0.714 bits per heavy atom. The Bertz CT molecular complexity index is 1350. The topological polar surface area (TPSA) is 38.7 Å². The van der Waals surface area contributed by atoms with Crippen molar-refractivity contribution in [1.82, 2.24) is 15.0 Å². The van der Waals surface area contributed by atoms with Crippen molar-refractivity contribution >= 4 is 0 Å². The van der Waals surface area contributed by atoms with Crippen LogP contribution in [0.5, 0.6) is 0 Å². The fraction of sp³-hybridized carbons (Fsp3) is 0.0357. The van der Waals surface area contributed by atoms with Gasteiger partial charge in [-0.15, -0.1) is 48.0 Å². The molecule has 35 heavy (non-hydrogen) atoms. The summed E-state index contributed by atoms with van der Waals surface area (Å²) in [5.74, 6) is -4.09. The SMILES string of the molecule is Cc1cc(-c2[c-]cc(F)c(F)c2F)ncc1-c1ccccn1.[Ir].[c-]1ccccc1-c1ccccn1. The standard InChI is InChI=1S/C17H10F3N2.C11H8N.Ir/c1-10-8-15(11-5-6-13(18)17(20)16(11)19)22-9-12(10)14-4-2-3-7-21-14;1-2-6-10(7-3-1)11-8-4-5-9-12-11;/h2-4,6-9H,1H3;1-6,8-9H;/q2*-1;. The molecular weight excluding hydrogens is 628 g/mol. The maximum absolute atomic E-state index is 13.8. The molecule has 0 amide bonds. The minimum atomic E-state index is -1.53. The first-order valence-corrected chi connectivity index (χ1v) is 10.4. The molecule has 0 unspecified atom stereocenters. The second kappa shape index (κ2) is 12.2. The molecule has 0 aliphatic rings. The Labute approximate surface area is 215 Å². The first-order chi connectivity index (χ1) is 16.5. The summed E-state index contributed by atoms with van der Waals surface area (Å²) in [6.07, 6.45) is 4.98. The van der Waals surface area contributed by atoms with Gasteiger partial charge in [-0.3, -0.25) is 13.8 Å². The number of rotatable bonds is 3. The second-order valence-electron chi connectivity index (χ2n) is 7.23. The monoisotopic (exact) mass is 646 g/mol. The molecule has 3 aromatic heterocycles. The summed E-state index contributed by atoms with van der Waals surface area (Å²) in [5.41, 5.74) is 4.31. The number of pyridine rings is 3. The predicted octanol–water partition coefficient (Wildman–Crippen LogP) is 6.88. The number of aromatic nitrogens is 3. The van der Waals surface area contributed by atoms with E-state index in [-0.39, 0.29) is 31.4 Å². The molecule has 0 fully saturated rings. The fourth-order valence-electron chi connectivity index (χ4n) is 3.22. The van der Waals surface area contributed by atoms with Gasteiger partial charge in [0.1, 0.15) is 5.82 Å². The Morgan fingerprint density at radius 2 is 1.40 bits per heavy atom. The molecule has 3 heterocycles. The predicted molar refractivity (Wildman–Crippen MR) is 125 cm³/mol. The van der Waals surface area contributed by atoms with Crippen molar-refractivity contribution < 1.29 is 33.3 Å². The van der Waals surface area contributed by atoms with Gasteiger partial charge in [0.05, 0.1) is 17.3 Å². The summed E-state index contributed by atoms with van der Waals surface area (Å²) in [6.45, 7) is 1.81. The van der Waals surface area contributed by atoms with Gasteiger partial charge in [0.15, 0.2) is 0 Å².